The molecule has 1 unspecified atom stereocenters. The summed E-state index contributed by atoms with van der Waals surface area (Å²) in [5, 5.41) is 17.2. The summed E-state index contributed by atoms with van der Waals surface area (Å²) in [5.41, 5.74) is -0.790. The molecule has 0 aliphatic rings. The third-order valence-electron chi connectivity index (χ3n) is 13.9. The molecule has 6 aromatic rings. The molecule has 23 nitrogen and oxygen atoms in total. The van der Waals surface area contributed by atoms with Crippen LogP contribution in [0.25, 0.3) is 11.2 Å². The third-order valence-corrected chi connectivity index (χ3v) is 16.0. The highest BCUT2D eigenvalue weighted by Crippen LogP contribution is 2.49. The molecule has 90 heavy (non-hydrogen) atoms. The molecule has 0 radical (unpaired) electrons. The van der Waals surface area contributed by atoms with E-state index < -0.39 is 80.1 Å². The van der Waals surface area contributed by atoms with Crippen molar-refractivity contribution in [1.82, 2.24) is 35.2 Å². The average Bonchev–Trinajstić information content (AvgIpc) is 0.788. The van der Waals surface area contributed by atoms with Crippen LogP contribution in [0, 0.1) is 17.2 Å². The first-order valence-corrected chi connectivity index (χ1v) is 30.2. The lowest BCUT2D eigenvalue weighted by atomic mass is 9.80. The summed E-state index contributed by atoms with van der Waals surface area (Å²) in [6.45, 7) is 11.5. The van der Waals surface area contributed by atoms with Crippen LogP contribution < -0.4 is 35.9 Å². The lowest BCUT2D eigenvalue weighted by Crippen LogP contribution is -2.42. The number of nitrogens with one attached hydrogen (secondary N) is 4. The molecule has 27 heteroatoms. The van der Waals surface area contributed by atoms with E-state index in [-0.39, 0.29) is 98.4 Å². The van der Waals surface area contributed by atoms with Crippen molar-refractivity contribution >= 4 is 60.9 Å². The monoisotopic (exact) mass is 1270 g/mol. The first-order chi connectivity index (χ1) is 43.0. The Kier molecular flexibility index (Phi) is 26.6. The second-order valence-electron chi connectivity index (χ2n) is 21.3. The predicted molar refractivity (Wildman–Crippen MR) is 329 cm³/mol. The molecule has 4 amide bonds. The summed E-state index contributed by atoms with van der Waals surface area (Å²) < 4.78 is 86.8. The van der Waals surface area contributed by atoms with Gasteiger partial charge in [-0.2, -0.15) is 23.4 Å². The Balaban J connectivity index is 1.08. The molecule has 4 N–H and O–H groups in total. The zero-order valence-electron chi connectivity index (χ0n) is 51.6. The van der Waals surface area contributed by atoms with Crippen LogP contribution >= 0.6 is 8.53 Å². The van der Waals surface area contributed by atoms with Crippen LogP contribution in [0.3, 0.4) is 0 Å². The maximum absolute atomic E-state index is 14.0. The standard InChI is InChI=1S/C63H76F3N10O13P/c1-40(2)56(78)73-61-72-55-54(58(80)74-61)70-47(37-69-55)38-75(60(82)63(64,65)66)48-23-17-43(18-24-48)57(79)71-52(59(81)85-9)29-30-53(77)68-33-14-34-86-36-31-51(89-90(88-35-13-32-67)76(41(3)4)42(5)6)39-87-62(44-15-11-10-12-16-44,45-19-25-49(83-7)26-20-45)46-21-27-50(84-8)28-22-46/h10-12,15-28,37,40-42,51-52H,13-14,29-31,33-36,38-39H2,1-9H3,(H,68,77)(H,71,79)(H2,69,72,73,74,78,80)/t51-,52+,90?/m1/s1. The number of H-pyrrole nitrogens is 1. The summed E-state index contributed by atoms with van der Waals surface area (Å²) in [5.74, 6) is -4.24. The molecule has 0 saturated carbocycles. The van der Waals surface area contributed by atoms with Gasteiger partial charge in [0.25, 0.3) is 20.0 Å². The number of carbonyl (C=O) groups is 5. The Morgan fingerprint density at radius 1 is 0.778 bits per heavy atom. The van der Waals surface area contributed by atoms with Gasteiger partial charge in [-0.3, -0.25) is 39.2 Å². The first-order valence-electron chi connectivity index (χ1n) is 29.1. The van der Waals surface area contributed by atoms with E-state index in [4.69, 9.17) is 32.7 Å². The molecule has 0 aliphatic carbocycles. The quantitative estimate of drug-likeness (QED) is 0.0127. The van der Waals surface area contributed by atoms with Gasteiger partial charge in [0.05, 0.1) is 71.6 Å². The summed E-state index contributed by atoms with van der Waals surface area (Å²) in [6, 6.07) is 30.5. The Labute approximate surface area is 521 Å². The number of anilines is 2. The van der Waals surface area contributed by atoms with Gasteiger partial charge in [0, 0.05) is 55.4 Å². The molecule has 0 aliphatic heterocycles. The Morgan fingerprint density at radius 2 is 1.40 bits per heavy atom. The van der Waals surface area contributed by atoms with Crippen molar-refractivity contribution in [2.45, 2.75) is 116 Å². The van der Waals surface area contributed by atoms with E-state index in [1.54, 1.807) is 28.1 Å². The zero-order valence-corrected chi connectivity index (χ0v) is 52.5. The molecular formula is C63H76F3N10O13P. The molecule has 0 bridgehead atoms. The Morgan fingerprint density at radius 3 is 1.97 bits per heavy atom. The number of aromatic nitrogens is 4. The molecule has 3 atom stereocenters. The predicted octanol–water partition coefficient (Wildman–Crippen LogP) is 9.05. The minimum absolute atomic E-state index is 0.0152. The number of nitriles is 1. The number of fused-ring (bicyclic) bond motifs is 1. The number of ether oxygens (including phenoxy) is 5. The van der Waals surface area contributed by atoms with Crippen molar-refractivity contribution in [2.75, 3.05) is 64.5 Å². The number of benzene rings is 4. The Bertz CT molecular complexity index is 3370. The largest absolute Gasteiger partial charge is 0.497 e. The fourth-order valence-corrected chi connectivity index (χ4v) is 11.1. The van der Waals surface area contributed by atoms with E-state index in [1.807, 2.05) is 78.9 Å². The van der Waals surface area contributed by atoms with Gasteiger partial charge in [-0.25, -0.2) is 19.4 Å². The van der Waals surface area contributed by atoms with E-state index in [0.29, 0.717) is 29.2 Å². The molecule has 2 aromatic heterocycles. The first kappa shape index (κ1) is 70.6. The zero-order chi connectivity index (χ0) is 65.5. The van der Waals surface area contributed by atoms with Gasteiger partial charge in [0.2, 0.25) is 17.8 Å². The normalized spacial score (nSPS) is 12.7. The second-order valence-corrected chi connectivity index (χ2v) is 22.7. The van der Waals surface area contributed by atoms with Crippen LogP contribution in [0.5, 0.6) is 11.5 Å². The van der Waals surface area contributed by atoms with E-state index in [2.05, 4.69) is 74.3 Å². The van der Waals surface area contributed by atoms with Crippen LogP contribution in [0.15, 0.2) is 114 Å². The fourth-order valence-electron chi connectivity index (χ4n) is 9.33. The van der Waals surface area contributed by atoms with E-state index in [0.717, 1.165) is 54.3 Å². The smallest absolute Gasteiger partial charge is 0.471 e. The minimum Gasteiger partial charge on any atom is -0.497 e. The third kappa shape index (κ3) is 19.5. The number of rotatable bonds is 34. The van der Waals surface area contributed by atoms with Crippen LogP contribution in [-0.2, 0) is 54.6 Å². The number of halogens is 3. The lowest BCUT2D eigenvalue weighted by Gasteiger charge is -2.39. The summed E-state index contributed by atoms with van der Waals surface area (Å²) >= 11 is 0. The van der Waals surface area contributed by atoms with Crippen molar-refractivity contribution in [2.24, 2.45) is 5.92 Å². The van der Waals surface area contributed by atoms with Crippen LogP contribution in [0.2, 0.25) is 0 Å². The van der Waals surface area contributed by atoms with Gasteiger partial charge in [-0.05, 0) is 112 Å². The van der Waals surface area contributed by atoms with Gasteiger partial charge in [-0.15, -0.1) is 0 Å². The fraction of sp³-hybridized carbons (Fsp3) is 0.429. The summed E-state index contributed by atoms with van der Waals surface area (Å²) in [7, 11) is 2.59. The van der Waals surface area contributed by atoms with Crippen molar-refractivity contribution in [3.05, 3.63) is 148 Å². The van der Waals surface area contributed by atoms with Crippen LogP contribution in [0.1, 0.15) is 106 Å². The van der Waals surface area contributed by atoms with Gasteiger partial charge in [0.15, 0.2) is 11.2 Å². The van der Waals surface area contributed by atoms with Gasteiger partial charge in [-0.1, -0.05) is 68.4 Å². The number of amides is 4. The second kappa shape index (κ2) is 33.9. The number of aromatic amines is 1. The summed E-state index contributed by atoms with van der Waals surface area (Å²) in [4.78, 5) is 92.1. The van der Waals surface area contributed by atoms with Crippen molar-refractivity contribution in [3.8, 4) is 17.6 Å². The van der Waals surface area contributed by atoms with E-state index in [9.17, 15) is 47.2 Å². The van der Waals surface area contributed by atoms with Crippen molar-refractivity contribution in [3.63, 3.8) is 0 Å². The highest BCUT2D eigenvalue weighted by Gasteiger charge is 2.44. The molecule has 0 spiro atoms. The SMILES string of the molecule is COC(=O)[C@H](CCC(=O)NCCCOCC[C@H](COC(c1ccccc1)(c1ccc(OC)cc1)c1ccc(OC)cc1)OP(OCCC#N)N(C(C)C)C(C)C)NC(=O)c1ccc(N(Cc2cnc3nc(NC(=O)C(C)C)[nH]c(=O)c3n2)C(=O)C(F)(F)F)cc1. The Hall–Kier alpha value is -8.44. The molecule has 6 rings (SSSR count). The highest BCUT2D eigenvalue weighted by molar-refractivity contribution is 7.44. The maximum atomic E-state index is 14.0. The van der Waals surface area contributed by atoms with Crippen molar-refractivity contribution < 1.29 is 69.9 Å². The number of hydrogen-bond donors (Lipinski definition) is 4. The van der Waals surface area contributed by atoms with E-state index in [1.165, 1.54) is 0 Å². The van der Waals surface area contributed by atoms with Gasteiger partial charge in [0.1, 0.15) is 23.1 Å². The van der Waals surface area contributed by atoms with Crippen LogP contribution in [-0.4, -0.2) is 139 Å². The molecule has 0 saturated heterocycles. The van der Waals surface area contributed by atoms with Crippen LogP contribution in [0.4, 0.5) is 24.8 Å². The average molecular weight is 1270 g/mol. The van der Waals surface area contributed by atoms with Crippen molar-refractivity contribution in [1.29, 1.82) is 5.26 Å². The van der Waals surface area contributed by atoms with Gasteiger partial charge >= 0.3 is 18.1 Å². The number of carbonyl (C=O) groups excluding carboxylic acids is 5. The highest BCUT2D eigenvalue weighted by atomic mass is 31.2. The van der Waals surface area contributed by atoms with E-state index >= 15 is 0 Å². The maximum Gasteiger partial charge on any atom is 0.471 e. The molecule has 0 fully saturated rings. The molecule has 2 heterocycles. The number of nitrogens with zero attached hydrogens (tertiary/aromatic N) is 6. The number of alkyl halides is 3. The number of esters is 1. The van der Waals surface area contributed by atoms with Gasteiger partial charge < -0.3 is 43.4 Å². The molecule has 482 valence electrons. The summed E-state index contributed by atoms with van der Waals surface area (Å²) in [6.07, 6.45) is -4.46. The number of methoxy groups -OCH3 is 3. The molecular weight excluding hydrogens is 1190 g/mol. The lowest BCUT2D eigenvalue weighted by molar-refractivity contribution is -0.170. The molecule has 4 aromatic carbocycles. The minimum atomic E-state index is -5.36. The topological polar surface area (TPSA) is 288 Å². The number of hydrogen-bond acceptors (Lipinski definition) is 18.